The Balaban J connectivity index is 1.98. The number of nitrogens with zero attached hydrogens (tertiary/aromatic N) is 2. The van der Waals surface area contributed by atoms with Gasteiger partial charge < -0.3 is 15.0 Å². The fourth-order valence-electron chi connectivity index (χ4n) is 2.04. The molecule has 5 nitrogen and oxygen atoms in total. The van der Waals surface area contributed by atoms with Gasteiger partial charge in [0.25, 0.3) is 5.78 Å². The molecule has 0 N–H and O–H groups in total. The highest BCUT2D eigenvalue weighted by atomic mass is 16.6. The fraction of sp³-hybridized carbons (Fsp3) is 0.143. The summed E-state index contributed by atoms with van der Waals surface area (Å²) in [5.74, 6) is 0.708. The van der Waals surface area contributed by atoms with Crippen molar-refractivity contribution in [1.29, 1.82) is 0 Å². The van der Waals surface area contributed by atoms with Gasteiger partial charge in [0.1, 0.15) is 6.61 Å². The minimum absolute atomic E-state index is 0.107. The third-order valence-electron chi connectivity index (χ3n) is 2.97. The second kappa shape index (κ2) is 4.55. The Morgan fingerprint density at radius 3 is 2.63 bits per heavy atom. The molecule has 0 bridgehead atoms. The van der Waals surface area contributed by atoms with Gasteiger partial charge in [-0.1, -0.05) is 24.3 Å². The molecule has 2 aromatic rings. The summed E-state index contributed by atoms with van der Waals surface area (Å²) in [6.45, 7) is 0.107. The van der Waals surface area contributed by atoms with E-state index >= 15 is 0 Å². The van der Waals surface area contributed by atoms with Crippen molar-refractivity contribution in [2.45, 2.75) is 6.10 Å². The first kappa shape index (κ1) is 11.4. The maximum atomic E-state index is 11.6. The number of rotatable bonds is 2. The number of hydrogen-bond acceptors (Lipinski definition) is 3. The molecule has 0 aromatic heterocycles. The molecule has 1 unspecified atom stereocenters. The predicted molar refractivity (Wildman–Crippen MR) is 68.5 cm³/mol. The van der Waals surface area contributed by atoms with Crippen LogP contribution in [-0.2, 0) is 4.79 Å². The van der Waals surface area contributed by atoms with Crippen LogP contribution in [0.4, 0.5) is 0 Å². The van der Waals surface area contributed by atoms with Crippen molar-refractivity contribution in [3.63, 3.8) is 0 Å². The first-order chi connectivity index (χ1) is 9.28. The SMILES string of the molecule is [N-]=[N+]=CC(=O)C1COc2cc3ccccc3cc2O1. The summed E-state index contributed by atoms with van der Waals surface area (Å²) in [7, 11) is 0. The minimum Gasteiger partial charge on any atom is -0.485 e. The molecule has 0 amide bonds. The molecule has 19 heavy (non-hydrogen) atoms. The highest BCUT2D eigenvalue weighted by Crippen LogP contribution is 2.35. The second-order valence-electron chi connectivity index (χ2n) is 4.21. The number of benzene rings is 2. The van der Waals surface area contributed by atoms with Crippen LogP contribution in [0.2, 0.25) is 0 Å². The number of ketones is 1. The molecule has 1 atom stereocenters. The Labute approximate surface area is 109 Å². The van der Waals surface area contributed by atoms with Crippen LogP contribution in [0.25, 0.3) is 16.3 Å². The Morgan fingerprint density at radius 1 is 1.26 bits per heavy atom. The second-order valence-corrected chi connectivity index (χ2v) is 4.21. The lowest BCUT2D eigenvalue weighted by atomic mass is 10.1. The van der Waals surface area contributed by atoms with Crippen LogP contribution in [0.15, 0.2) is 36.4 Å². The minimum atomic E-state index is -0.774. The lowest BCUT2D eigenvalue weighted by Gasteiger charge is -2.24. The summed E-state index contributed by atoms with van der Waals surface area (Å²) in [6.07, 6.45) is 0.0460. The molecule has 5 heteroatoms. The van der Waals surface area contributed by atoms with Crippen LogP contribution in [0.1, 0.15) is 0 Å². The lowest BCUT2D eigenvalue weighted by molar-refractivity contribution is -0.124. The highest BCUT2D eigenvalue weighted by molar-refractivity contribution is 6.27. The van der Waals surface area contributed by atoms with Gasteiger partial charge in [0.05, 0.1) is 0 Å². The lowest BCUT2D eigenvalue weighted by Crippen LogP contribution is -2.37. The molecule has 0 aliphatic carbocycles. The van der Waals surface area contributed by atoms with Crippen molar-refractivity contribution in [2.24, 2.45) is 0 Å². The molecule has 0 saturated heterocycles. The van der Waals surface area contributed by atoms with Gasteiger partial charge >= 0.3 is 6.21 Å². The Bertz CT molecular complexity index is 705. The molecule has 0 spiro atoms. The molecule has 1 aliphatic rings. The van der Waals surface area contributed by atoms with Gasteiger partial charge in [-0.3, -0.25) is 4.79 Å². The van der Waals surface area contributed by atoms with Crippen molar-refractivity contribution in [2.75, 3.05) is 6.61 Å². The quantitative estimate of drug-likeness (QED) is 0.466. The normalized spacial score (nSPS) is 16.7. The van der Waals surface area contributed by atoms with Crippen molar-refractivity contribution in [3.05, 3.63) is 41.9 Å². The molecule has 1 heterocycles. The maximum Gasteiger partial charge on any atom is 0.327 e. The fourth-order valence-corrected chi connectivity index (χ4v) is 2.04. The Kier molecular flexibility index (Phi) is 2.74. The maximum absolute atomic E-state index is 11.6. The van der Waals surface area contributed by atoms with Gasteiger partial charge in [-0.25, -0.2) is 0 Å². The van der Waals surface area contributed by atoms with E-state index in [2.05, 4.69) is 4.79 Å². The monoisotopic (exact) mass is 254 g/mol. The molecular weight excluding hydrogens is 244 g/mol. The smallest absolute Gasteiger partial charge is 0.327 e. The summed E-state index contributed by atoms with van der Waals surface area (Å²) < 4.78 is 11.1. The van der Waals surface area contributed by atoms with Gasteiger partial charge in [0, 0.05) is 0 Å². The van der Waals surface area contributed by atoms with Gasteiger partial charge in [0.2, 0.25) is 6.10 Å². The molecule has 2 aromatic carbocycles. The zero-order valence-corrected chi connectivity index (χ0v) is 9.95. The number of carbonyl (C=O) groups excluding carboxylic acids is 1. The molecule has 3 rings (SSSR count). The van der Waals surface area contributed by atoms with Gasteiger partial charge in [-0.15, -0.1) is 0 Å². The highest BCUT2D eigenvalue weighted by Gasteiger charge is 2.28. The number of Topliss-reactive ketones (excluding diaryl/α,β-unsaturated/α-hetero) is 1. The average molecular weight is 254 g/mol. The molecule has 0 fully saturated rings. The summed E-state index contributed by atoms with van der Waals surface area (Å²) in [5, 5.41) is 2.06. The van der Waals surface area contributed by atoms with Crippen LogP contribution in [0, 0.1) is 0 Å². The Hall–Kier alpha value is -2.65. The van der Waals surface area contributed by atoms with Crippen molar-refractivity contribution >= 4 is 22.8 Å². The van der Waals surface area contributed by atoms with Crippen LogP contribution in [0.5, 0.6) is 11.5 Å². The van der Waals surface area contributed by atoms with Crippen LogP contribution in [-0.4, -0.2) is 29.5 Å². The van der Waals surface area contributed by atoms with Crippen LogP contribution < -0.4 is 9.47 Å². The molecule has 1 aliphatic heterocycles. The van der Waals surface area contributed by atoms with E-state index in [4.69, 9.17) is 15.0 Å². The molecular formula is C14H10N2O3. The number of hydrogen-bond donors (Lipinski definition) is 0. The number of carbonyl (C=O) groups is 1. The zero-order valence-electron chi connectivity index (χ0n) is 9.95. The first-order valence-electron chi connectivity index (χ1n) is 5.81. The summed E-state index contributed by atoms with van der Waals surface area (Å²) in [4.78, 5) is 14.3. The molecule has 0 saturated carbocycles. The molecule has 0 radical (unpaired) electrons. The van der Waals surface area contributed by atoms with Crippen molar-refractivity contribution in [1.82, 2.24) is 0 Å². The van der Waals surface area contributed by atoms with E-state index < -0.39 is 11.9 Å². The van der Waals surface area contributed by atoms with Gasteiger partial charge in [-0.2, -0.15) is 4.79 Å². The topological polar surface area (TPSA) is 71.9 Å². The van der Waals surface area contributed by atoms with E-state index in [1.165, 1.54) is 0 Å². The van der Waals surface area contributed by atoms with Gasteiger partial charge in [0.15, 0.2) is 11.5 Å². The predicted octanol–water partition coefficient (Wildman–Crippen LogP) is 1.85. The van der Waals surface area contributed by atoms with E-state index in [1.54, 1.807) is 0 Å². The number of fused-ring (bicyclic) bond motifs is 2. The summed E-state index contributed by atoms with van der Waals surface area (Å²) in [6, 6.07) is 11.5. The van der Waals surface area contributed by atoms with Gasteiger partial charge in [-0.05, 0) is 22.9 Å². The summed E-state index contributed by atoms with van der Waals surface area (Å²) in [5.41, 5.74) is 8.36. The van der Waals surface area contributed by atoms with E-state index in [0.717, 1.165) is 17.0 Å². The average Bonchev–Trinajstić information content (AvgIpc) is 2.44. The van der Waals surface area contributed by atoms with Crippen LogP contribution in [0.3, 0.4) is 0 Å². The van der Waals surface area contributed by atoms with Crippen molar-refractivity contribution in [3.8, 4) is 11.5 Å². The summed E-state index contributed by atoms with van der Waals surface area (Å²) >= 11 is 0. The van der Waals surface area contributed by atoms with E-state index in [1.807, 2.05) is 36.4 Å². The first-order valence-corrected chi connectivity index (χ1v) is 5.81. The Morgan fingerprint density at radius 2 is 1.95 bits per heavy atom. The number of ether oxygens (including phenoxy) is 2. The third-order valence-corrected chi connectivity index (χ3v) is 2.97. The van der Waals surface area contributed by atoms with E-state index in [0.29, 0.717) is 11.5 Å². The van der Waals surface area contributed by atoms with E-state index in [9.17, 15) is 4.79 Å². The standard InChI is InChI=1S/C14H10N2O3/c15-16-7-11(17)14-8-18-12-5-9-3-1-2-4-10(9)6-13(12)19-14/h1-7,14H,8H2. The van der Waals surface area contributed by atoms with Crippen LogP contribution >= 0.6 is 0 Å². The largest absolute Gasteiger partial charge is 0.485 e. The molecule has 94 valence electrons. The third kappa shape index (κ3) is 2.07. The van der Waals surface area contributed by atoms with E-state index in [-0.39, 0.29) is 6.61 Å². The zero-order chi connectivity index (χ0) is 13.2. The van der Waals surface area contributed by atoms with Crippen molar-refractivity contribution < 1.29 is 19.1 Å².